The number of carbonyl (C=O) groups is 1. The third-order valence-electron chi connectivity index (χ3n) is 5.86. The molecule has 1 saturated heterocycles. The lowest BCUT2D eigenvalue weighted by molar-refractivity contribution is 0.0696. The van der Waals surface area contributed by atoms with Crippen LogP contribution >= 0.6 is 11.3 Å². The van der Waals surface area contributed by atoms with Gasteiger partial charge in [0, 0.05) is 37.6 Å². The maximum atomic E-state index is 12.8. The Labute approximate surface area is 185 Å². The number of aromatic nitrogens is 1. The van der Waals surface area contributed by atoms with E-state index in [0.717, 1.165) is 26.2 Å². The van der Waals surface area contributed by atoms with Gasteiger partial charge >= 0.3 is 5.97 Å². The predicted octanol–water partition coefficient (Wildman–Crippen LogP) is 2.72. The molecule has 0 bridgehead atoms. The third kappa shape index (κ3) is 4.78. The minimum Gasteiger partial charge on any atom is -0.495 e. The molecule has 11 heteroatoms. The lowest BCUT2D eigenvalue weighted by Crippen LogP contribution is -2.49. The number of benzene rings is 1. The summed E-state index contributed by atoms with van der Waals surface area (Å²) in [4.78, 5) is 20.2. The van der Waals surface area contributed by atoms with Crippen LogP contribution in [0.5, 0.6) is 5.75 Å². The summed E-state index contributed by atoms with van der Waals surface area (Å²) >= 11 is 1.31. The molecule has 1 aromatic heterocycles. The number of methoxy groups -OCH3 is 1. The van der Waals surface area contributed by atoms with Gasteiger partial charge in [-0.15, -0.1) is 11.3 Å². The number of sulfonamides is 1. The molecule has 0 amide bonds. The molecule has 2 heterocycles. The van der Waals surface area contributed by atoms with Crippen molar-refractivity contribution in [1.29, 1.82) is 0 Å². The molecule has 1 aliphatic heterocycles. The summed E-state index contributed by atoms with van der Waals surface area (Å²) in [7, 11) is -2.58. The number of nitrogens with zero attached hydrogens (tertiary/aromatic N) is 3. The van der Waals surface area contributed by atoms with E-state index in [0.29, 0.717) is 11.2 Å². The van der Waals surface area contributed by atoms with E-state index in [4.69, 9.17) is 9.84 Å². The maximum Gasteiger partial charge on any atom is 0.335 e. The van der Waals surface area contributed by atoms with Gasteiger partial charge in [-0.2, -0.15) is 8.42 Å². The summed E-state index contributed by atoms with van der Waals surface area (Å²) in [6.07, 6.45) is 5.19. The van der Waals surface area contributed by atoms with Gasteiger partial charge in [-0.05, 0) is 31.0 Å². The van der Waals surface area contributed by atoms with Crippen LogP contribution in [-0.2, 0) is 10.0 Å². The number of carboxylic acid groups (broad SMARTS) is 1. The van der Waals surface area contributed by atoms with E-state index < -0.39 is 16.0 Å². The summed E-state index contributed by atoms with van der Waals surface area (Å²) in [5.41, 5.74) is 0.166. The number of carboxylic acids is 1. The molecule has 1 saturated carbocycles. The second kappa shape index (κ2) is 9.01. The molecule has 0 radical (unpaired) electrons. The standard InChI is InChI=1S/C20H26N4O5S2/c1-29-17-12-14(19(25)26)6-7-16(17)22-31(27,28)18-13-30-20(21-18)24-10-8-23(9-11-24)15-4-2-3-5-15/h6-7,12-13,15,22H,2-5,8-11H2,1H3,(H,25,26). The summed E-state index contributed by atoms with van der Waals surface area (Å²) in [6.45, 7) is 3.61. The highest BCUT2D eigenvalue weighted by molar-refractivity contribution is 7.92. The van der Waals surface area contributed by atoms with E-state index in [9.17, 15) is 13.2 Å². The second-order valence-electron chi connectivity index (χ2n) is 7.76. The predicted molar refractivity (Wildman–Crippen MR) is 119 cm³/mol. The molecule has 1 aliphatic carbocycles. The molecule has 0 unspecified atom stereocenters. The Morgan fingerprint density at radius 2 is 1.94 bits per heavy atom. The lowest BCUT2D eigenvalue weighted by atomic mass is 10.2. The summed E-state index contributed by atoms with van der Waals surface area (Å²) in [5, 5.41) is 11.3. The number of hydrogen-bond acceptors (Lipinski definition) is 8. The molecular weight excluding hydrogens is 440 g/mol. The van der Waals surface area contributed by atoms with Gasteiger partial charge < -0.3 is 14.7 Å². The fourth-order valence-corrected chi connectivity index (χ4v) is 6.39. The van der Waals surface area contributed by atoms with Crippen molar-refractivity contribution in [3.05, 3.63) is 29.1 Å². The molecule has 2 aromatic rings. The maximum absolute atomic E-state index is 12.8. The average molecular weight is 467 g/mol. The molecule has 2 fully saturated rings. The number of anilines is 2. The molecule has 2 N–H and O–H groups in total. The molecule has 9 nitrogen and oxygen atoms in total. The van der Waals surface area contributed by atoms with Crippen LogP contribution in [0.4, 0.5) is 10.8 Å². The Bertz CT molecular complexity index is 1040. The van der Waals surface area contributed by atoms with Crippen LogP contribution in [0.25, 0.3) is 0 Å². The van der Waals surface area contributed by atoms with Crippen LogP contribution in [0.3, 0.4) is 0 Å². The molecule has 1 aromatic carbocycles. The van der Waals surface area contributed by atoms with Crippen molar-refractivity contribution in [1.82, 2.24) is 9.88 Å². The van der Waals surface area contributed by atoms with Crippen molar-refractivity contribution >= 4 is 38.1 Å². The summed E-state index contributed by atoms with van der Waals surface area (Å²) < 4.78 is 33.3. The van der Waals surface area contributed by atoms with Crippen molar-refractivity contribution in [3.63, 3.8) is 0 Å². The van der Waals surface area contributed by atoms with E-state index in [1.165, 1.54) is 67.7 Å². The van der Waals surface area contributed by atoms with Crippen molar-refractivity contribution in [3.8, 4) is 5.75 Å². The first kappa shape index (κ1) is 21.8. The SMILES string of the molecule is COc1cc(C(=O)O)ccc1NS(=O)(=O)c1csc(N2CCN(C3CCCC3)CC2)n1. The summed E-state index contributed by atoms with van der Waals surface area (Å²) in [6, 6.07) is 4.66. The van der Waals surface area contributed by atoms with Gasteiger partial charge in [0.25, 0.3) is 10.0 Å². The van der Waals surface area contributed by atoms with E-state index in [2.05, 4.69) is 19.5 Å². The fraction of sp³-hybridized carbons (Fsp3) is 0.500. The number of rotatable bonds is 7. The van der Waals surface area contributed by atoms with Crippen molar-refractivity contribution in [2.45, 2.75) is 36.8 Å². The van der Waals surface area contributed by atoms with E-state index in [1.807, 2.05) is 0 Å². The van der Waals surface area contributed by atoms with Gasteiger partial charge in [0.1, 0.15) is 5.75 Å². The van der Waals surface area contributed by atoms with Gasteiger partial charge in [-0.3, -0.25) is 9.62 Å². The first-order valence-corrected chi connectivity index (χ1v) is 12.6. The topological polar surface area (TPSA) is 112 Å². The zero-order valence-corrected chi connectivity index (χ0v) is 18.9. The molecule has 4 rings (SSSR count). The van der Waals surface area contributed by atoms with Crippen LogP contribution in [-0.4, -0.2) is 68.7 Å². The van der Waals surface area contributed by atoms with Crippen LogP contribution in [0.15, 0.2) is 28.6 Å². The van der Waals surface area contributed by atoms with Crippen LogP contribution in [0.1, 0.15) is 36.0 Å². The highest BCUT2D eigenvalue weighted by Crippen LogP contribution is 2.31. The summed E-state index contributed by atoms with van der Waals surface area (Å²) in [5.74, 6) is -0.994. The van der Waals surface area contributed by atoms with Gasteiger partial charge in [-0.25, -0.2) is 9.78 Å². The minimum atomic E-state index is -3.94. The Kier molecular flexibility index (Phi) is 6.35. The zero-order valence-electron chi connectivity index (χ0n) is 17.3. The van der Waals surface area contributed by atoms with Crippen LogP contribution < -0.4 is 14.4 Å². The van der Waals surface area contributed by atoms with Crippen LogP contribution in [0, 0.1) is 0 Å². The number of ether oxygens (including phenoxy) is 1. The Balaban J connectivity index is 1.44. The average Bonchev–Trinajstić information content (AvgIpc) is 3.46. The number of piperazine rings is 1. The molecule has 168 valence electrons. The molecule has 0 spiro atoms. The number of aromatic carboxylic acids is 1. The number of thiazole rings is 1. The first-order valence-electron chi connectivity index (χ1n) is 10.3. The molecule has 31 heavy (non-hydrogen) atoms. The number of hydrogen-bond donors (Lipinski definition) is 2. The largest absolute Gasteiger partial charge is 0.495 e. The highest BCUT2D eigenvalue weighted by Gasteiger charge is 2.28. The smallest absolute Gasteiger partial charge is 0.335 e. The van der Waals surface area contributed by atoms with Crippen molar-refractivity contribution in [2.75, 3.05) is 42.9 Å². The molecule has 0 atom stereocenters. The fourth-order valence-electron chi connectivity index (χ4n) is 4.17. The highest BCUT2D eigenvalue weighted by atomic mass is 32.2. The lowest BCUT2D eigenvalue weighted by Gasteiger charge is -2.37. The minimum absolute atomic E-state index is 0.00693. The molecule has 2 aliphatic rings. The normalized spacial score (nSPS) is 18.3. The first-order chi connectivity index (χ1) is 14.9. The van der Waals surface area contributed by atoms with Gasteiger partial charge in [-0.1, -0.05) is 12.8 Å². The van der Waals surface area contributed by atoms with E-state index >= 15 is 0 Å². The Hall–Kier alpha value is -2.37. The Morgan fingerprint density at radius 1 is 1.23 bits per heavy atom. The van der Waals surface area contributed by atoms with Crippen LogP contribution in [0.2, 0.25) is 0 Å². The molecular formula is C20H26N4O5S2. The van der Waals surface area contributed by atoms with Gasteiger partial charge in [0.15, 0.2) is 10.2 Å². The van der Waals surface area contributed by atoms with E-state index in [1.54, 1.807) is 0 Å². The van der Waals surface area contributed by atoms with Crippen molar-refractivity contribution in [2.24, 2.45) is 0 Å². The quantitative estimate of drug-likeness (QED) is 0.641. The third-order valence-corrected chi connectivity index (χ3v) is 8.16. The second-order valence-corrected chi connectivity index (χ2v) is 10.2. The van der Waals surface area contributed by atoms with Gasteiger partial charge in [0.05, 0.1) is 18.4 Å². The van der Waals surface area contributed by atoms with Crippen molar-refractivity contribution < 1.29 is 23.1 Å². The van der Waals surface area contributed by atoms with E-state index in [-0.39, 0.29) is 22.0 Å². The number of nitrogens with one attached hydrogen (secondary N) is 1. The Morgan fingerprint density at radius 3 is 2.58 bits per heavy atom. The van der Waals surface area contributed by atoms with Gasteiger partial charge in [0.2, 0.25) is 0 Å². The zero-order chi connectivity index (χ0) is 22.0. The monoisotopic (exact) mass is 466 g/mol.